The molecule has 14 heteroatoms. The van der Waals surface area contributed by atoms with Crippen molar-refractivity contribution in [3.63, 3.8) is 0 Å². The molecule has 0 aromatic carbocycles. The smallest absolute Gasteiger partial charge is 0.204 e. The van der Waals surface area contributed by atoms with E-state index in [1.54, 1.807) is 36.2 Å². The van der Waals surface area contributed by atoms with Gasteiger partial charge in [-0.05, 0) is 20.3 Å². The van der Waals surface area contributed by atoms with Gasteiger partial charge in [0.15, 0.2) is 12.4 Å². The van der Waals surface area contributed by atoms with Crippen molar-refractivity contribution in [2.75, 3.05) is 37.7 Å². The number of H-pyrrole nitrogens is 2. The minimum absolute atomic E-state index is 0.456. The van der Waals surface area contributed by atoms with Crippen molar-refractivity contribution in [1.82, 2.24) is 41.2 Å². The van der Waals surface area contributed by atoms with Crippen molar-refractivity contribution < 1.29 is 0 Å². The minimum atomic E-state index is 0.456. The van der Waals surface area contributed by atoms with Gasteiger partial charge >= 0.3 is 0 Å². The van der Waals surface area contributed by atoms with Gasteiger partial charge in [0, 0.05) is 47.5 Å². The second-order valence-corrected chi connectivity index (χ2v) is 9.41. The quantitative estimate of drug-likeness (QED) is 0.0705. The predicted octanol–water partition coefficient (Wildman–Crippen LogP) is 1.34. The fourth-order valence-electron chi connectivity index (χ4n) is 2.73. The van der Waals surface area contributed by atoms with Gasteiger partial charge in [0.1, 0.15) is 0 Å². The highest BCUT2D eigenvalue weighted by Gasteiger charge is 2.03. The van der Waals surface area contributed by atoms with Gasteiger partial charge in [-0.2, -0.15) is 34.0 Å². The van der Waals surface area contributed by atoms with Crippen LogP contribution in [0.3, 0.4) is 0 Å². The number of nitriles is 2. The lowest BCUT2D eigenvalue weighted by atomic mass is 10.4. The summed E-state index contributed by atoms with van der Waals surface area (Å²) < 4.78 is 0. The Morgan fingerprint density at radius 1 is 0.857 bits per heavy atom. The molecule has 0 unspecified atom stereocenters. The lowest BCUT2D eigenvalue weighted by Gasteiger charge is -2.10. The van der Waals surface area contributed by atoms with Crippen LogP contribution in [0.2, 0.25) is 0 Å². The maximum absolute atomic E-state index is 8.94. The number of hydrogen-bond acceptors (Lipinski definition) is 8. The zero-order valence-electron chi connectivity index (χ0n) is 20.0. The summed E-state index contributed by atoms with van der Waals surface area (Å²) in [5.41, 5.74) is 4.27. The van der Waals surface area contributed by atoms with Crippen molar-refractivity contribution >= 4 is 35.4 Å². The number of hydrogen-bond donors (Lipinski definition) is 6. The molecule has 0 aliphatic heterocycles. The van der Waals surface area contributed by atoms with E-state index in [2.05, 4.69) is 51.2 Å². The van der Waals surface area contributed by atoms with Crippen LogP contribution in [0.4, 0.5) is 0 Å². The van der Waals surface area contributed by atoms with Crippen LogP contribution in [0.1, 0.15) is 29.2 Å². The van der Waals surface area contributed by atoms with E-state index >= 15 is 0 Å². The first-order valence-electron chi connectivity index (χ1n) is 11.1. The van der Waals surface area contributed by atoms with Gasteiger partial charge in [-0.25, -0.2) is 9.97 Å². The Hall–Kier alpha value is -3.36. The van der Waals surface area contributed by atoms with Gasteiger partial charge < -0.3 is 20.6 Å². The number of imidazole rings is 2. The zero-order chi connectivity index (χ0) is 25.1. The standard InChI is InChI=1S/C21H32N12S2/c1-16-18(32-14-30-16)10-34-8-6-26-20(28-12-22)24-4-3-5-25-21(29-13-23)27-7-9-35-11-19-17(2)31-15-33-19/h14-15H,3-11H2,1-2H3,(H,30,32)(H,31,33)(H2,24,26,28)(H2,25,27,29). The Bertz CT molecular complexity index is 934. The Kier molecular flexibility index (Phi) is 13.6. The van der Waals surface area contributed by atoms with E-state index in [4.69, 9.17) is 10.5 Å². The van der Waals surface area contributed by atoms with Crippen LogP contribution >= 0.6 is 23.5 Å². The highest BCUT2D eigenvalue weighted by molar-refractivity contribution is 7.98. The van der Waals surface area contributed by atoms with Gasteiger partial charge in [-0.3, -0.25) is 20.6 Å². The third kappa shape index (κ3) is 11.6. The molecule has 2 heterocycles. The average molecular weight is 517 g/mol. The molecule has 12 nitrogen and oxygen atoms in total. The SMILES string of the molecule is Cc1[nH]cnc1CSCC/N=C(/NC#N)NCCCN/C(=N\CCSCc1nc[nH]c1C)NC#N. The topological polar surface area (TPSA) is 178 Å². The second-order valence-electron chi connectivity index (χ2n) is 7.20. The largest absolute Gasteiger partial charge is 0.356 e. The van der Waals surface area contributed by atoms with Gasteiger partial charge in [0.25, 0.3) is 0 Å². The van der Waals surface area contributed by atoms with Crippen LogP contribution in [-0.4, -0.2) is 69.5 Å². The van der Waals surface area contributed by atoms with E-state index in [-0.39, 0.29) is 0 Å². The maximum Gasteiger partial charge on any atom is 0.204 e. The van der Waals surface area contributed by atoms with Crippen LogP contribution in [0.25, 0.3) is 0 Å². The summed E-state index contributed by atoms with van der Waals surface area (Å²) in [5.74, 6) is 4.22. The number of aryl methyl sites for hydroxylation is 2. The molecule has 2 aromatic heterocycles. The number of aromatic nitrogens is 4. The average Bonchev–Trinajstić information content (AvgIpc) is 3.45. The van der Waals surface area contributed by atoms with Crippen LogP contribution in [-0.2, 0) is 11.5 Å². The summed E-state index contributed by atoms with van der Waals surface area (Å²) in [6.45, 7) is 6.40. The van der Waals surface area contributed by atoms with Crippen LogP contribution in [0.5, 0.6) is 0 Å². The molecule has 0 radical (unpaired) electrons. The number of rotatable bonds is 14. The molecule has 6 N–H and O–H groups in total. The van der Waals surface area contributed by atoms with Crippen LogP contribution in [0, 0.1) is 36.8 Å². The molecule has 0 aliphatic carbocycles. The molecule has 0 atom stereocenters. The van der Waals surface area contributed by atoms with Crippen molar-refractivity contribution in [2.24, 2.45) is 9.98 Å². The summed E-state index contributed by atoms with van der Waals surface area (Å²) in [5, 5.41) is 29.3. The van der Waals surface area contributed by atoms with Gasteiger partial charge in [-0.15, -0.1) is 0 Å². The Morgan fingerprint density at radius 3 is 1.69 bits per heavy atom. The van der Waals surface area contributed by atoms with Gasteiger partial charge in [-0.1, -0.05) is 0 Å². The molecule has 188 valence electrons. The Morgan fingerprint density at radius 2 is 1.31 bits per heavy atom. The first-order valence-corrected chi connectivity index (χ1v) is 13.4. The van der Waals surface area contributed by atoms with E-state index < -0.39 is 0 Å². The molecule has 0 bridgehead atoms. The molecule has 0 saturated carbocycles. The Labute approximate surface area is 214 Å². The summed E-state index contributed by atoms with van der Waals surface area (Å²) in [6.07, 6.45) is 7.96. The number of thioether (sulfide) groups is 2. The summed E-state index contributed by atoms with van der Waals surface area (Å²) in [6, 6.07) is 0. The summed E-state index contributed by atoms with van der Waals surface area (Å²) in [4.78, 5) is 23.5. The van der Waals surface area contributed by atoms with Gasteiger partial charge in [0.05, 0.1) is 37.1 Å². The number of guanidine groups is 2. The molecule has 2 aromatic rings. The minimum Gasteiger partial charge on any atom is -0.356 e. The lowest BCUT2D eigenvalue weighted by Crippen LogP contribution is -2.39. The normalized spacial score (nSPS) is 11.5. The van der Waals surface area contributed by atoms with Gasteiger partial charge in [0.2, 0.25) is 11.9 Å². The van der Waals surface area contributed by atoms with E-state index in [9.17, 15) is 0 Å². The lowest BCUT2D eigenvalue weighted by molar-refractivity contribution is 0.724. The van der Waals surface area contributed by atoms with Crippen molar-refractivity contribution in [3.05, 3.63) is 35.4 Å². The van der Waals surface area contributed by atoms with Crippen molar-refractivity contribution in [1.29, 1.82) is 10.5 Å². The fraction of sp³-hybridized carbons (Fsp3) is 0.524. The van der Waals surface area contributed by atoms with Crippen LogP contribution < -0.4 is 21.3 Å². The molecule has 0 fully saturated rings. The highest BCUT2D eigenvalue weighted by Crippen LogP contribution is 2.12. The summed E-state index contributed by atoms with van der Waals surface area (Å²) >= 11 is 3.49. The van der Waals surface area contributed by atoms with Crippen molar-refractivity contribution in [3.8, 4) is 12.4 Å². The molecule has 0 aliphatic rings. The van der Waals surface area contributed by atoms with Crippen LogP contribution in [0.15, 0.2) is 22.6 Å². The third-order valence-corrected chi connectivity index (χ3v) is 6.54. The highest BCUT2D eigenvalue weighted by atomic mass is 32.2. The maximum atomic E-state index is 8.94. The predicted molar refractivity (Wildman–Crippen MR) is 142 cm³/mol. The third-order valence-electron chi connectivity index (χ3n) is 4.64. The van der Waals surface area contributed by atoms with E-state index in [1.807, 2.05) is 26.2 Å². The first-order chi connectivity index (χ1) is 17.1. The molecule has 0 spiro atoms. The summed E-state index contributed by atoms with van der Waals surface area (Å²) in [7, 11) is 0. The molecule has 0 amide bonds. The zero-order valence-corrected chi connectivity index (χ0v) is 21.7. The second kappa shape index (κ2) is 17.1. The van der Waals surface area contributed by atoms with E-state index in [1.165, 1.54) is 0 Å². The number of nitrogens with zero attached hydrogens (tertiary/aromatic N) is 6. The van der Waals surface area contributed by atoms with E-state index in [0.29, 0.717) is 38.1 Å². The number of aromatic amines is 2. The fourth-order valence-corrected chi connectivity index (χ4v) is 4.43. The molecule has 0 saturated heterocycles. The molecule has 35 heavy (non-hydrogen) atoms. The molecular formula is C21H32N12S2. The van der Waals surface area contributed by atoms with E-state index in [0.717, 1.165) is 52.2 Å². The first kappa shape index (κ1) is 27.9. The number of aliphatic imine (C=N–C) groups is 2. The monoisotopic (exact) mass is 516 g/mol. The Balaban J connectivity index is 1.60. The number of nitrogens with one attached hydrogen (secondary N) is 6. The molecular weight excluding hydrogens is 484 g/mol. The van der Waals surface area contributed by atoms with Crippen molar-refractivity contribution in [2.45, 2.75) is 31.8 Å². The molecule has 2 rings (SSSR count).